The first-order valence-corrected chi connectivity index (χ1v) is 8.82. The average Bonchev–Trinajstić information content (AvgIpc) is 2.66. The number of halogens is 2. The Hall–Kier alpha value is -2.63. The fraction of sp³-hybridized carbons (Fsp3) is 0.381. The van der Waals surface area contributed by atoms with Crippen molar-refractivity contribution in [1.29, 1.82) is 0 Å². The number of hydrogen-bond acceptors (Lipinski definition) is 4. The summed E-state index contributed by atoms with van der Waals surface area (Å²) in [7, 11) is 1.22. The van der Waals surface area contributed by atoms with Crippen molar-refractivity contribution in [2.45, 2.75) is 46.6 Å². The van der Waals surface area contributed by atoms with Gasteiger partial charge in [0.1, 0.15) is 18.1 Å². The molecule has 0 unspecified atom stereocenters. The van der Waals surface area contributed by atoms with Gasteiger partial charge in [-0.2, -0.15) is 0 Å². The van der Waals surface area contributed by atoms with Gasteiger partial charge >= 0.3 is 6.16 Å². The SMILES string of the molecule is CCc1cc(C(F)F)c(OCc2c(CC)cccc2OC(=O)OC)cc1C. The molecule has 0 aliphatic heterocycles. The summed E-state index contributed by atoms with van der Waals surface area (Å²) in [4.78, 5) is 11.5. The molecule has 146 valence electrons. The molecule has 0 amide bonds. The second-order valence-electron chi connectivity index (χ2n) is 6.06. The molecule has 0 aliphatic carbocycles. The molecule has 0 bridgehead atoms. The van der Waals surface area contributed by atoms with Gasteiger partial charge in [0.2, 0.25) is 0 Å². The fourth-order valence-electron chi connectivity index (χ4n) is 2.90. The van der Waals surface area contributed by atoms with Gasteiger partial charge < -0.3 is 14.2 Å². The molecular formula is C21H24F2O4. The Bertz CT molecular complexity index is 803. The predicted molar refractivity (Wildman–Crippen MR) is 98.7 cm³/mol. The van der Waals surface area contributed by atoms with Crippen LogP contribution < -0.4 is 9.47 Å². The van der Waals surface area contributed by atoms with Crippen molar-refractivity contribution < 1.29 is 27.8 Å². The van der Waals surface area contributed by atoms with Gasteiger partial charge in [0.25, 0.3) is 6.43 Å². The summed E-state index contributed by atoms with van der Waals surface area (Å²) in [6.45, 7) is 5.74. The molecule has 0 saturated heterocycles. The first kappa shape index (κ1) is 20.7. The molecule has 0 spiro atoms. The lowest BCUT2D eigenvalue weighted by molar-refractivity contribution is 0.120. The van der Waals surface area contributed by atoms with Gasteiger partial charge in [0.05, 0.1) is 12.7 Å². The first-order valence-electron chi connectivity index (χ1n) is 8.82. The van der Waals surface area contributed by atoms with Gasteiger partial charge in [-0.25, -0.2) is 13.6 Å². The van der Waals surface area contributed by atoms with Crippen LogP contribution in [-0.2, 0) is 24.2 Å². The molecule has 0 aliphatic rings. The lowest BCUT2D eigenvalue weighted by Crippen LogP contribution is -2.11. The van der Waals surface area contributed by atoms with E-state index in [1.807, 2.05) is 26.8 Å². The van der Waals surface area contributed by atoms with E-state index in [0.717, 1.165) is 16.7 Å². The van der Waals surface area contributed by atoms with Gasteiger partial charge in [-0.1, -0.05) is 26.0 Å². The summed E-state index contributed by atoms with van der Waals surface area (Å²) in [6.07, 6.45) is -2.15. The highest BCUT2D eigenvalue weighted by Crippen LogP contribution is 2.34. The Kier molecular flexibility index (Phi) is 7.16. The van der Waals surface area contributed by atoms with E-state index in [2.05, 4.69) is 4.74 Å². The van der Waals surface area contributed by atoms with Crippen molar-refractivity contribution in [3.05, 3.63) is 58.1 Å². The van der Waals surface area contributed by atoms with Gasteiger partial charge in [0.15, 0.2) is 0 Å². The Morgan fingerprint density at radius 1 is 1.07 bits per heavy atom. The maximum absolute atomic E-state index is 13.5. The molecule has 4 nitrogen and oxygen atoms in total. The molecule has 0 fully saturated rings. The van der Waals surface area contributed by atoms with Crippen LogP contribution in [0.4, 0.5) is 13.6 Å². The minimum absolute atomic E-state index is 0.000965. The summed E-state index contributed by atoms with van der Waals surface area (Å²) in [5.41, 5.74) is 3.15. The molecule has 0 heterocycles. The summed E-state index contributed by atoms with van der Waals surface area (Å²) in [5.74, 6) is 0.427. The van der Waals surface area contributed by atoms with Gasteiger partial charge in [-0.15, -0.1) is 0 Å². The first-order chi connectivity index (χ1) is 12.9. The van der Waals surface area contributed by atoms with E-state index in [0.29, 0.717) is 24.2 Å². The summed E-state index contributed by atoms with van der Waals surface area (Å²) >= 11 is 0. The molecule has 0 N–H and O–H groups in total. The average molecular weight is 378 g/mol. The molecule has 0 atom stereocenters. The van der Waals surface area contributed by atoms with E-state index in [1.165, 1.54) is 13.2 Å². The van der Waals surface area contributed by atoms with Crippen LogP contribution in [0, 0.1) is 6.92 Å². The van der Waals surface area contributed by atoms with Gasteiger partial charge in [-0.3, -0.25) is 0 Å². The molecule has 0 aromatic heterocycles. The minimum atomic E-state index is -2.64. The second kappa shape index (κ2) is 9.35. The highest BCUT2D eigenvalue weighted by atomic mass is 19.3. The second-order valence-corrected chi connectivity index (χ2v) is 6.06. The normalized spacial score (nSPS) is 10.8. The van der Waals surface area contributed by atoms with Crippen molar-refractivity contribution in [3.63, 3.8) is 0 Å². The van der Waals surface area contributed by atoms with Crippen LogP contribution in [0.5, 0.6) is 11.5 Å². The van der Waals surface area contributed by atoms with Crippen molar-refractivity contribution >= 4 is 6.16 Å². The van der Waals surface area contributed by atoms with Gasteiger partial charge in [-0.05, 0) is 54.7 Å². The lowest BCUT2D eigenvalue weighted by Gasteiger charge is -2.17. The standard InChI is InChI=1S/C21H24F2O4/c1-5-14-8-7-9-18(27-21(24)25-4)17(14)12-26-19-10-13(3)15(6-2)11-16(19)20(22)23/h7-11,20H,5-6,12H2,1-4H3. The zero-order valence-electron chi connectivity index (χ0n) is 16.0. The van der Waals surface area contributed by atoms with Crippen LogP contribution in [-0.4, -0.2) is 13.3 Å². The molecule has 2 aromatic carbocycles. The molecule has 0 saturated carbocycles. The maximum atomic E-state index is 13.5. The zero-order valence-corrected chi connectivity index (χ0v) is 16.0. The van der Waals surface area contributed by atoms with E-state index in [9.17, 15) is 13.6 Å². The number of alkyl halides is 2. The number of methoxy groups -OCH3 is 1. The fourth-order valence-corrected chi connectivity index (χ4v) is 2.90. The number of aryl methyl sites for hydroxylation is 3. The van der Waals surface area contributed by atoms with Crippen LogP contribution in [0.25, 0.3) is 0 Å². The van der Waals surface area contributed by atoms with Crippen molar-refractivity contribution in [2.75, 3.05) is 7.11 Å². The molecule has 27 heavy (non-hydrogen) atoms. The number of hydrogen-bond donors (Lipinski definition) is 0. The highest BCUT2D eigenvalue weighted by molar-refractivity contribution is 5.64. The predicted octanol–water partition coefficient (Wildman–Crippen LogP) is 5.78. The lowest BCUT2D eigenvalue weighted by atomic mass is 10.0. The van der Waals surface area contributed by atoms with E-state index >= 15 is 0 Å². The summed E-state index contributed by atoms with van der Waals surface area (Å²) < 4.78 is 42.4. The Balaban J connectivity index is 2.36. The summed E-state index contributed by atoms with van der Waals surface area (Å²) in [5, 5.41) is 0. The van der Waals surface area contributed by atoms with Crippen molar-refractivity contribution in [2.24, 2.45) is 0 Å². The zero-order chi connectivity index (χ0) is 20.0. The largest absolute Gasteiger partial charge is 0.513 e. The number of ether oxygens (including phenoxy) is 3. The van der Waals surface area contributed by atoms with E-state index < -0.39 is 12.6 Å². The van der Waals surface area contributed by atoms with Crippen molar-refractivity contribution in [3.8, 4) is 11.5 Å². The van der Waals surface area contributed by atoms with E-state index in [4.69, 9.17) is 9.47 Å². The monoisotopic (exact) mass is 378 g/mol. The van der Waals surface area contributed by atoms with Crippen LogP contribution in [0.3, 0.4) is 0 Å². The molecule has 6 heteroatoms. The Morgan fingerprint density at radius 2 is 1.78 bits per heavy atom. The van der Waals surface area contributed by atoms with E-state index in [1.54, 1.807) is 18.2 Å². The third kappa shape index (κ3) is 4.96. The molecule has 0 radical (unpaired) electrons. The van der Waals surface area contributed by atoms with Crippen molar-refractivity contribution in [1.82, 2.24) is 0 Å². The third-order valence-corrected chi connectivity index (χ3v) is 4.43. The maximum Gasteiger partial charge on any atom is 0.513 e. The van der Waals surface area contributed by atoms with Crippen LogP contribution >= 0.6 is 0 Å². The number of benzene rings is 2. The minimum Gasteiger partial charge on any atom is -0.488 e. The Morgan fingerprint density at radius 3 is 2.37 bits per heavy atom. The van der Waals surface area contributed by atoms with Crippen LogP contribution in [0.1, 0.15) is 48.1 Å². The van der Waals surface area contributed by atoms with Crippen LogP contribution in [0.15, 0.2) is 30.3 Å². The van der Waals surface area contributed by atoms with E-state index in [-0.39, 0.29) is 17.9 Å². The molecule has 2 rings (SSSR count). The number of carbonyl (C=O) groups is 1. The smallest absolute Gasteiger partial charge is 0.488 e. The topological polar surface area (TPSA) is 44.8 Å². The Labute approximate surface area is 158 Å². The van der Waals surface area contributed by atoms with Gasteiger partial charge in [0, 0.05) is 5.56 Å². The molecular weight excluding hydrogens is 354 g/mol. The number of rotatable bonds is 7. The third-order valence-electron chi connectivity index (χ3n) is 4.43. The molecule has 2 aromatic rings. The van der Waals surface area contributed by atoms with Crippen LogP contribution in [0.2, 0.25) is 0 Å². The summed E-state index contributed by atoms with van der Waals surface area (Å²) in [6, 6.07) is 8.38. The highest BCUT2D eigenvalue weighted by Gasteiger charge is 2.19. The number of carbonyl (C=O) groups excluding carboxylic acids is 1. The quantitative estimate of drug-likeness (QED) is 0.452.